The third kappa shape index (κ3) is 5.51. The van der Waals surface area contributed by atoms with Gasteiger partial charge in [-0.15, -0.1) is 22.7 Å². The predicted molar refractivity (Wildman–Crippen MR) is 122 cm³/mol. The van der Waals surface area contributed by atoms with Crippen LogP contribution in [-0.2, 0) is 10.0 Å². The van der Waals surface area contributed by atoms with E-state index in [1.54, 1.807) is 40.1 Å². The summed E-state index contributed by atoms with van der Waals surface area (Å²) in [7, 11) is -3.52. The van der Waals surface area contributed by atoms with Crippen LogP contribution in [0.2, 0.25) is 0 Å². The van der Waals surface area contributed by atoms with Gasteiger partial charge in [0, 0.05) is 28.9 Å². The minimum atomic E-state index is -3.52. The van der Waals surface area contributed by atoms with E-state index in [1.807, 2.05) is 42.8 Å². The Labute approximate surface area is 180 Å². The largest absolute Gasteiger partial charge is 0.253 e. The quantitative estimate of drug-likeness (QED) is 0.345. The van der Waals surface area contributed by atoms with Crippen LogP contribution in [0.1, 0.15) is 31.6 Å². The molecular weight excluding hydrogens is 424 g/mol. The van der Waals surface area contributed by atoms with Crippen molar-refractivity contribution in [1.82, 2.24) is 9.29 Å². The molecule has 154 valence electrons. The van der Waals surface area contributed by atoms with Gasteiger partial charge in [0.1, 0.15) is 0 Å². The summed E-state index contributed by atoms with van der Waals surface area (Å²) < 4.78 is 27.6. The van der Waals surface area contributed by atoms with Gasteiger partial charge in [-0.2, -0.15) is 9.41 Å². The van der Waals surface area contributed by atoms with E-state index in [9.17, 15) is 8.42 Å². The van der Waals surface area contributed by atoms with Crippen LogP contribution in [-0.4, -0.2) is 37.0 Å². The lowest BCUT2D eigenvalue weighted by Crippen LogP contribution is -2.32. The molecule has 6 nitrogen and oxygen atoms in total. The standard InChI is InChI=1S/C20H24N4O2S3/c1-3-10-24(11-4-2)29(25,26)18-9-5-7-16(13-18)19-15-28-20(22-19)23-21-14-17-8-6-12-27-17/h5-9,12-15H,3-4,10-11H2,1-2H3,(H,22,23). The lowest BCUT2D eigenvalue weighted by molar-refractivity contribution is 0.410. The highest BCUT2D eigenvalue weighted by molar-refractivity contribution is 7.89. The van der Waals surface area contributed by atoms with Gasteiger partial charge in [0.2, 0.25) is 15.2 Å². The second kappa shape index (κ2) is 10.1. The zero-order valence-electron chi connectivity index (χ0n) is 16.4. The Balaban J connectivity index is 1.78. The Morgan fingerprint density at radius 3 is 2.62 bits per heavy atom. The fourth-order valence-corrected chi connectivity index (χ4v) is 5.71. The summed E-state index contributed by atoms with van der Waals surface area (Å²) in [5, 5.41) is 8.73. The molecule has 0 bridgehead atoms. The van der Waals surface area contributed by atoms with Gasteiger partial charge >= 0.3 is 0 Å². The molecule has 0 aliphatic heterocycles. The zero-order valence-corrected chi connectivity index (χ0v) is 18.9. The number of sulfonamides is 1. The van der Waals surface area contributed by atoms with Gasteiger partial charge in [-0.3, -0.25) is 5.43 Å². The molecule has 3 aromatic rings. The molecule has 2 heterocycles. The summed E-state index contributed by atoms with van der Waals surface area (Å²) in [6, 6.07) is 10.9. The summed E-state index contributed by atoms with van der Waals surface area (Å²) in [6.07, 6.45) is 3.31. The molecule has 0 spiro atoms. The average molecular weight is 449 g/mol. The number of nitrogens with zero attached hydrogens (tertiary/aromatic N) is 3. The van der Waals surface area contributed by atoms with E-state index in [0.717, 1.165) is 29.0 Å². The minimum Gasteiger partial charge on any atom is -0.253 e. The topological polar surface area (TPSA) is 74.7 Å². The van der Waals surface area contributed by atoms with Crippen molar-refractivity contribution >= 4 is 44.0 Å². The second-order valence-electron chi connectivity index (χ2n) is 6.36. The third-order valence-electron chi connectivity index (χ3n) is 4.11. The number of rotatable bonds is 10. The summed E-state index contributed by atoms with van der Waals surface area (Å²) in [5.41, 5.74) is 4.42. The number of nitrogens with one attached hydrogen (secondary N) is 1. The van der Waals surface area contributed by atoms with Gasteiger partial charge in [0.15, 0.2) is 0 Å². The Hall–Kier alpha value is -2.07. The van der Waals surface area contributed by atoms with Crippen molar-refractivity contribution in [2.75, 3.05) is 18.5 Å². The highest BCUT2D eigenvalue weighted by Crippen LogP contribution is 2.28. The third-order valence-corrected chi connectivity index (χ3v) is 7.56. The van der Waals surface area contributed by atoms with E-state index < -0.39 is 10.0 Å². The van der Waals surface area contributed by atoms with Crippen molar-refractivity contribution in [3.8, 4) is 11.3 Å². The first-order valence-electron chi connectivity index (χ1n) is 9.43. The van der Waals surface area contributed by atoms with Crippen LogP contribution >= 0.6 is 22.7 Å². The van der Waals surface area contributed by atoms with E-state index in [2.05, 4.69) is 15.5 Å². The number of hydrogen-bond acceptors (Lipinski definition) is 7. The minimum absolute atomic E-state index is 0.301. The van der Waals surface area contributed by atoms with Gasteiger partial charge in [-0.05, 0) is 36.4 Å². The molecule has 2 aromatic heterocycles. The number of thiazole rings is 1. The predicted octanol–water partition coefficient (Wildman–Crippen LogP) is 5.13. The smallest absolute Gasteiger partial charge is 0.243 e. The number of benzene rings is 1. The highest BCUT2D eigenvalue weighted by Gasteiger charge is 2.23. The maximum atomic E-state index is 13.0. The first-order valence-corrected chi connectivity index (χ1v) is 12.6. The SMILES string of the molecule is CCCN(CCC)S(=O)(=O)c1cccc(-c2csc(NN=Cc3cccs3)n2)c1. The van der Waals surface area contributed by atoms with Crippen molar-refractivity contribution in [1.29, 1.82) is 0 Å². The summed E-state index contributed by atoms with van der Waals surface area (Å²) in [5.74, 6) is 0. The maximum absolute atomic E-state index is 13.0. The van der Waals surface area contributed by atoms with Crippen LogP contribution in [0, 0.1) is 0 Å². The Morgan fingerprint density at radius 1 is 1.14 bits per heavy atom. The molecule has 1 aromatic carbocycles. The van der Waals surface area contributed by atoms with Gasteiger partial charge in [-0.25, -0.2) is 13.4 Å². The summed E-state index contributed by atoms with van der Waals surface area (Å²) in [6.45, 7) is 5.01. The second-order valence-corrected chi connectivity index (χ2v) is 10.1. The van der Waals surface area contributed by atoms with E-state index >= 15 is 0 Å². The molecule has 3 rings (SSSR count). The molecule has 0 aliphatic rings. The summed E-state index contributed by atoms with van der Waals surface area (Å²) in [4.78, 5) is 5.88. The molecule has 29 heavy (non-hydrogen) atoms. The van der Waals surface area contributed by atoms with Crippen LogP contribution < -0.4 is 5.43 Å². The van der Waals surface area contributed by atoms with E-state index in [1.165, 1.54) is 11.3 Å². The van der Waals surface area contributed by atoms with Gasteiger partial charge in [0.25, 0.3) is 0 Å². The number of thiophene rings is 1. The molecular formula is C20H24N4O2S3. The average Bonchev–Trinajstić information content (AvgIpc) is 3.40. The molecule has 0 saturated carbocycles. The number of aromatic nitrogens is 1. The van der Waals surface area contributed by atoms with Crippen molar-refractivity contribution < 1.29 is 8.42 Å². The number of anilines is 1. The van der Waals surface area contributed by atoms with E-state index in [0.29, 0.717) is 23.1 Å². The van der Waals surface area contributed by atoms with Gasteiger partial charge in [-0.1, -0.05) is 32.0 Å². The first kappa shape index (κ1) is 21.6. The zero-order chi connectivity index (χ0) is 20.7. The fraction of sp³-hybridized carbons (Fsp3) is 0.300. The monoisotopic (exact) mass is 448 g/mol. The molecule has 0 fully saturated rings. The van der Waals surface area contributed by atoms with Crippen molar-refractivity contribution in [2.45, 2.75) is 31.6 Å². The van der Waals surface area contributed by atoms with E-state index in [4.69, 9.17) is 0 Å². The van der Waals surface area contributed by atoms with Crippen LogP contribution in [0.5, 0.6) is 0 Å². The molecule has 0 unspecified atom stereocenters. The molecule has 0 aliphatic carbocycles. The van der Waals surface area contributed by atoms with Crippen molar-refractivity contribution in [3.63, 3.8) is 0 Å². The molecule has 1 N–H and O–H groups in total. The van der Waals surface area contributed by atoms with Crippen LogP contribution in [0.3, 0.4) is 0 Å². The lowest BCUT2D eigenvalue weighted by Gasteiger charge is -2.21. The van der Waals surface area contributed by atoms with Gasteiger partial charge in [0.05, 0.1) is 16.8 Å². The van der Waals surface area contributed by atoms with Crippen molar-refractivity contribution in [3.05, 3.63) is 52.0 Å². The Bertz CT molecular complexity index is 1040. The van der Waals surface area contributed by atoms with Crippen LogP contribution in [0.15, 0.2) is 57.2 Å². The number of hydrogen-bond donors (Lipinski definition) is 1. The Kier molecular flexibility index (Phi) is 7.54. The van der Waals surface area contributed by atoms with Crippen LogP contribution in [0.25, 0.3) is 11.3 Å². The molecule has 0 radical (unpaired) electrons. The number of hydrazone groups is 1. The van der Waals surface area contributed by atoms with Gasteiger partial charge < -0.3 is 0 Å². The molecule has 0 amide bonds. The Morgan fingerprint density at radius 2 is 1.93 bits per heavy atom. The molecule has 0 atom stereocenters. The fourth-order valence-electron chi connectivity index (χ4n) is 2.79. The maximum Gasteiger partial charge on any atom is 0.243 e. The first-order chi connectivity index (χ1) is 14.0. The highest BCUT2D eigenvalue weighted by atomic mass is 32.2. The van der Waals surface area contributed by atoms with E-state index in [-0.39, 0.29) is 0 Å². The van der Waals surface area contributed by atoms with Crippen molar-refractivity contribution in [2.24, 2.45) is 5.10 Å². The summed E-state index contributed by atoms with van der Waals surface area (Å²) >= 11 is 3.03. The van der Waals surface area contributed by atoms with Crippen LogP contribution in [0.4, 0.5) is 5.13 Å². The lowest BCUT2D eigenvalue weighted by atomic mass is 10.2. The normalized spacial score (nSPS) is 12.1. The molecule has 9 heteroatoms. The molecule has 0 saturated heterocycles.